The fraction of sp³-hybridized carbons (Fsp3) is 0.273. The van der Waals surface area contributed by atoms with Crippen LogP contribution < -0.4 is 16.4 Å². The number of rotatable bonds is 5. The zero-order valence-electron chi connectivity index (χ0n) is 11.7. The molecule has 0 aliphatic heterocycles. The van der Waals surface area contributed by atoms with Crippen molar-refractivity contribution >= 4 is 39.4 Å². The predicted octanol–water partition coefficient (Wildman–Crippen LogP) is -0.0859. The zero-order valence-corrected chi connectivity index (χ0v) is 13.3. The first-order chi connectivity index (χ1) is 10.6. The molecule has 0 spiro atoms. The number of benzene rings is 1. The van der Waals surface area contributed by atoms with Gasteiger partial charge < -0.3 is 26.2 Å². The molecule has 0 aromatic heterocycles. The average molecular weight is 368 g/mol. The molecule has 0 saturated carbocycles. The normalized spacial score (nSPS) is 12.3. The second kappa shape index (κ2) is 7.46. The molecule has 1 rings (SSSR count). The van der Waals surface area contributed by atoms with E-state index in [0.29, 0.717) is 0 Å². The van der Waals surface area contributed by atoms with Crippen LogP contribution >= 0.6 is 11.6 Å². The van der Waals surface area contributed by atoms with Gasteiger partial charge in [-0.05, 0) is 12.1 Å². The van der Waals surface area contributed by atoms with Crippen LogP contribution in [0.1, 0.15) is 0 Å². The molecule has 0 radical (unpaired) electrons. The molecule has 128 valence electrons. The molecule has 12 heteroatoms. The molecule has 0 aliphatic rings. The molecule has 0 fully saturated rings. The number of anilines is 1. The number of hydrogen-bond acceptors (Lipinski definition) is 7. The summed E-state index contributed by atoms with van der Waals surface area (Å²) in [4.78, 5) is 21.9. The molecular formula is C11H14ClN3O7S. The van der Waals surface area contributed by atoms with Crippen molar-refractivity contribution < 1.29 is 32.4 Å². The summed E-state index contributed by atoms with van der Waals surface area (Å²) in [5.74, 6) is -1.64. The minimum absolute atomic E-state index is 0.156. The molecule has 10 nitrogen and oxygen atoms in total. The largest absolute Gasteiger partial charge is 0.504 e. The molecule has 1 aromatic rings. The van der Waals surface area contributed by atoms with E-state index in [9.17, 15) is 23.1 Å². The van der Waals surface area contributed by atoms with Crippen molar-refractivity contribution in [2.24, 2.45) is 5.73 Å². The summed E-state index contributed by atoms with van der Waals surface area (Å²) in [6.07, 6.45) is 0. The number of phenols is 1. The number of urea groups is 1. The van der Waals surface area contributed by atoms with E-state index < -0.39 is 38.8 Å². The average Bonchev–Trinajstić information content (AvgIpc) is 2.46. The van der Waals surface area contributed by atoms with Crippen LogP contribution in [-0.4, -0.2) is 49.8 Å². The fourth-order valence-corrected chi connectivity index (χ4v) is 2.38. The van der Waals surface area contributed by atoms with Crippen molar-refractivity contribution in [3.8, 4) is 5.75 Å². The number of aromatic hydroxyl groups is 1. The van der Waals surface area contributed by atoms with E-state index in [1.165, 1.54) is 0 Å². The van der Waals surface area contributed by atoms with Gasteiger partial charge in [-0.15, -0.1) is 0 Å². The van der Waals surface area contributed by atoms with Crippen LogP contribution in [0.5, 0.6) is 5.75 Å². The van der Waals surface area contributed by atoms with Crippen LogP contribution in [-0.2, 0) is 19.6 Å². The monoisotopic (exact) mass is 367 g/mol. The third kappa shape index (κ3) is 5.25. The first-order valence-corrected chi connectivity index (χ1v) is 7.76. The van der Waals surface area contributed by atoms with Gasteiger partial charge in [-0.1, -0.05) is 11.6 Å². The number of ether oxygens (including phenoxy) is 1. The summed E-state index contributed by atoms with van der Waals surface area (Å²) in [5, 5.41) is 13.9. The Labute approximate surface area is 136 Å². The Bertz CT molecular complexity index is 723. The lowest BCUT2D eigenvalue weighted by atomic mass is 10.3. The molecule has 0 aliphatic carbocycles. The summed E-state index contributed by atoms with van der Waals surface area (Å²) in [5.41, 5.74) is 5.04. The Morgan fingerprint density at radius 2 is 2.04 bits per heavy atom. The van der Waals surface area contributed by atoms with Crippen LogP contribution in [0.3, 0.4) is 0 Å². The van der Waals surface area contributed by atoms with Crippen LogP contribution in [0.2, 0.25) is 5.02 Å². The van der Waals surface area contributed by atoms with Gasteiger partial charge in [0.2, 0.25) is 0 Å². The van der Waals surface area contributed by atoms with Gasteiger partial charge in [0.05, 0.1) is 12.8 Å². The van der Waals surface area contributed by atoms with E-state index in [2.05, 4.69) is 15.4 Å². The number of hydrogen-bond donors (Lipinski definition) is 5. The minimum atomic E-state index is -4.74. The van der Waals surface area contributed by atoms with Gasteiger partial charge in [-0.2, -0.15) is 8.42 Å². The Kier molecular flexibility index (Phi) is 6.15. The molecule has 0 bridgehead atoms. The van der Waals surface area contributed by atoms with Crippen LogP contribution in [0.25, 0.3) is 0 Å². The molecule has 0 saturated heterocycles. The number of methoxy groups -OCH3 is 1. The number of esters is 1. The Morgan fingerprint density at radius 3 is 2.57 bits per heavy atom. The maximum atomic E-state index is 11.7. The van der Waals surface area contributed by atoms with E-state index >= 15 is 0 Å². The van der Waals surface area contributed by atoms with Gasteiger partial charge in [0.25, 0.3) is 10.1 Å². The molecule has 0 unspecified atom stereocenters. The summed E-state index contributed by atoms with van der Waals surface area (Å²) in [6, 6.07) is -0.135. The Hall–Kier alpha value is -2.08. The Balaban J connectivity index is 2.87. The van der Waals surface area contributed by atoms with Gasteiger partial charge in [-0.25, -0.2) is 4.79 Å². The number of nitrogens with one attached hydrogen (secondary N) is 2. The topological polar surface area (TPSA) is 168 Å². The van der Waals surface area contributed by atoms with Gasteiger partial charge in [0.15, 0.2) is 5.75 Å². The molecule has 23 heavy (non-hydrogen) atoms. The maximum Gasteiger partial charge on any atom is 0.324 e. The van der Waals surface area contributed by atoms with E-state index in [1.54, 1.807) is 0 Å². The summed E-state index contributed by atoms with van der Waals surface area (Å²) in [6.45, 7) is -0.273. The van der Waals surface area contributed by atoms with Crippen LogP contribution in [0.4, 0.5) is 10.5 Å². The molecule has 2 amide bonds. The fourth-order valence-electron chi connectivity index (χ4n) is 1.47. The van der Waals surface area contributed by atoms with Crippen molar-refractivity contribution in [2.45, 2.75) is 10.9 Å². The predicted molar refractivity (Wildman–Crippen MR) is 79.9 cm³/mol. The van der Waals surface area contributed by atoms with Crippen LogP contribution in [0.15, 0.2) is 17.0 Å². The zero-order chi connectivity index (χ0) is 17.8. The van der Waals surface area contributed by atoms with Crippen molar-refractivity contribution in [3.63, 3.8) is 0 Å². The highest BCUT2D eigenvalue weighted by atomic mass is 35.5. The van der Waals surface area contributed by atoms with E-state index in [-0.39, 0.29) is 17.3 Å². The number of amides is 2. The minimum Gasteiger partial charge on any atom is -0.504 e. The second-order valence-corrected chi connectivity index (χ2v) is 6.07. The number of phenolic OH excluding ortho intramolecular Hbond substituents is 1. The quantitative estimate of drug-likeness (QED) is 0.273. The first-order valence-electron chi connectivity index (χ1n) is 5.94. The van der Waals surface area contributed by atoms with E-state index in [4.69, 9.17) is 21.9 Å². The molecule has 1 aromatic carbocycles. The van der Waals surface area contributed by atoms with Gasteiger partial charge >= 0.3 is 12.0 Å². The lowest BCUT2D eigenvalue weighted by Gasteiger charge is -2.13. The van der Waals surface area contributed by atoms with Gasteiger partial charge in [0.1, 0.15) is 10.9 Å². The SMILES string of the molecule is COC(=O)[C@@H](N)CNC(=O)Nc1cc(Cl)cc(S(=O)(=O)O)c1O. The molecular weight excluding hydrogens is 354 g/mol. The highest BCUT2D eigenvalue weighted by Crippen LogP contribution is 2.34. The van der Waals surface area contributed by atoms with Crippen molar-refractivity contribution in [2.75, 3.05) is 19.0 Å². The van der Waals surface area contributed by atoms with Gasteiger partial charge in [0, 0.05) is 11.6 Å². The molecule has 6 N–H and O–H groups in total. The first kappa shape index (κ1) is 19.0. The van der Waals surface area contributed by atoms with E-state index in [0.717, 1.165) is 19.2 Å². The number of nitrogens with two attached hydrogens (primary N) is 1. The highest BCUT2D eigenvalue weighted by molar-refractivity contribution is 7.86. The number of halogens is 1. The summed E-state index contributed by atoms with van der Waals surface area (Å²) < 4.78 is 35.6. The third-order valence-corrected chi connectivity index (χ3v) is 3.64. The smallest absolute Gasteiger partial charge is 0.324 e. The van der Waals surface area contributed by atoms with Crippen molar-refractivity contribution in [3.05, 3.63) is 17.2 Å². The molecule has 0 heterocycles. The second-order valence-electron chi connectivity index (χ2n) is 4.24. The number of carbonyl (C=O) groups excluding carboxylic acids is 2. The van der Waals surface area contributed by atoms with Gasteiger partial charge in [-0.3, -0.25) is 9.35 Å². The maximum absolute atomic E-state index is 11.7. The van der Waals surface area contributed by atoms with E-state index in [1.807, 2.05) is 0 Å². The Morgan fingerprint density at radius 1 is 1.43 bits per heavy atom. The van der Waals surface area contributed by atoms with Crippen molar-refractivity contribution in [1.82, 2.24) is 5.32 Å². The summed E-state index contributed by atoms with van der Waals surface area (Å²) >= 11 is 5.66. The lowest BCUT2D eigenvalue weighted by molar-refractivity contribution is -0.141. The molecule has 1 atom stereocenters. The summed E-state index contributed by atoms with van der Waals surface area (Å²) in [7, 11) is -3.61. The highest BCUT2D eigenvalue weighted by Gasteiger charge is 2.21. The standard InChI is InChI=1S/C11H14ClN3O7S/c1-22-10(17)6(13)4-14-11(18)15-7-2-5(12)3-8(9(7)16)23(19,20)21/h2-3,6,16H,4,13H2,1H3,(H2,14,15,18)(H,19,20,21)/t6-/m0/s1. The van der Waals surface area contributed by atoms with Crippen molar-refractivity contribution in [1.29, 1.82) is 0 Å². The lowest BCUT2D eigenvalue weighted by Crippen LogP contribution is -2.44. The number of carbonyl (C=O) groups is 2. The third-order valence-electron chi connectivity index (χ3n) is 2.55. The van der Waals surface area contributed by atoms with Crippen LogP contribution in [0, 0.1) is 0 Å².